The number of aromatic amines is 1. The van der Waals surface area contributed by atoms with Crippen molar-refractivity contribution in [1.82, 2.24) is 15.3 Å². The van der Waals surface area contributed by atoms with Crippen LogP contribution in [0.1, 0.15) is 35.9 Å². The summed E-state index contributed by atoms with van der Waals surface area (Å²) < 4.78 is 0. The second-order valence-electron chi connectivity index (χ2n) is 4.87. The number of hydrogen-bond acceptors (Lipinski definition) is 3. The predicted octanol–water partition coefficient (Wildman–Crippen LogP) is 2.59. The standard InChI is InChI=1S/C16H22N4O/c1-2-9-17-14-7-4-3-6-13(14)16(21)20-10-5-8-15-18-11-12-19-15/h3-4,6-7,11-12,17H,2,5,8-10H2,1H3,(H,18,19)(H,20,21). The quantitative estimate of drug-likeness (QED) is 0.653. The summed E-state index contributed by atoms with van der Waals surface area (Å²) in [6, 6.07) is 7.61. The smallest absolute Gasteiger partial charge is 0.253 e. The Bertz CT molecular complexity index is 551. The molecule has 0 aliphatic heterocycles. The zero-order chi connectivity index (χ0) is 14.9. The van der Waals surface area contributed by atoms with Gasteiger partial charge in [-0.3, -0.25) is 4.79 Å². The van der Waals surface area contributed by atoms with E-state index in [1.54, 1.807) is 6.20 Å². The lowest BCUT2D eigenvalue weighted by atomic mass is 10.1. The SMILES string of the molecule is CCCNc1ccccc1C(=O)NCCCc1ncc[nH]1. The van der Waals surface area contributed by atoms with Crippen LogP contribution in [-0.4, -0.2) is 29.0 Å². The highest BCUT2D eigenvalue weighted by Crippen LogP contribution is 2.14. The molecule has 5 nitrogen and oxygen atoms in total. The molecule has 0 radical (unpaired) electrons. The fraction of sp³-hybridized carbons (Fsp3) is 0.375. The lowest BCUT2D eigenvalue weighted by Crippen LogP contribution is -2.25. The molecule has 2 aromatic rings. The van der Waals surface area contributed by atoms with Gasteiger partial charge in [0.25, 0.3) is 5.91 Å². The van der Waals surface area contributed by atoms with E-state index in [0.29, 0.717) is 12.1 Å². The molecule has 0 aliphatic carbocycles. The molecular formula is C16H22N4O. The van der Waals surface area contributed by atoms with Gasteiger partial charge in [0, 0.05) is 37.6 Å². The molecule has 2 rings (SSSR count). The minimum absolute atomic E-state index is 0.0337. The van der Waals surface area contributed by atoms with E-state index in [-0.39, 0.29) is 5.91 Å². The minimum Gasteiger partial charge on any atom is -0.384 e. The molecule has 112 valence electrons. The average molecular weight is 286 g/mol. The summed E-state index contributed by atoms with van der Waals surface area (Å²) in [5, 5.41) is 6.24. The van der Waals surface area contributed by atoms with Gasteiger partial charge in [-0.25, -0.2) is 4.98 Å². The van der Waals surface area contributed by atoms with E-state index in [0.717, 1.165) is 37.3 Å². The van der Waals surface area contributed by atoms with E-state index in [1.807, 2.05) is 30.5 Å². The first-order valence-corrected chi connectivity index (χ1v) is 7.40. The number of hydrogen-bond donors (Lipinski definition) is 3. The topological polar surface area (TPSA) is 69.8 Å². The maximum atomic E-state index is 12.2. The van der Waals surface area contributed by atoms with Crippen LogP contribution in [0.15, 0.2) is 36.7 Å². The van der Waals surface area contributed by atoms with Gasteiger partial charge in [0.05, 0.1) is 5.56 Å². The second-order valence-corrected chi connectivity index (χ2v) is 4.87. The molecule has 0 saturated heterocycles. The largest absolute Gasteiger partial charge is 0.384 e. The van der Waals surface area contributed by atoms with Crippen LogP contribution in [0.5, 0.6) is 0 Å². The lowest BCUT2D eigenvalue weighted by Gasteiger charge is -2.11. The molecule has 21 heavy (non-hydrogen) atoms. The molecule has 1 aromatic carbocycles. The molecule has 1 amide bonds. The highest BCUT2D eigenvalue weighted by molar-refractivity contribution is 5.99. The van der Waals surface area contributed by atoms with Crippen molar-refractivity contribution in [2.75, 3.05) is 18.4 Å². The maximum Gasteiger partial charge on any atom is 0.253 e. The Kier molecular flexibility index (Phi) is 5.82. The third-order valence-electron chi connectivity index (χ3n) is 3.17. The third kappa shape index (κ3) is 4.63. The van der Waals surface area contributed by atoms with Crippen LogP contribution < -0.4 is 10.6 Å². The van der Waals surface area contributed by atoms with Crippen molar-refractivity contribution in [1.29, 1.82) is 0 Å². The fourth-order valence-electron chi connectivity index (χ4n) is 2.08. The molecule has 0 aliphatic rings. The number of para-hydroxylation sites is 1. The summed E-state index contributed by atoms with van der Waals surface area (Å²) >= 11 is 0. The molecule has 0 atom stereocenters. The van der Waals surface area contributed by atoms with Gasteiger partial charge in [-0.05, 0) is 25.0 Å². The van der Waals surface area contributed by atoms with Gasteiger partial charge < -0.3 is 15.6 Å². The molecule has 1 aromatic heterocycles. The van der Waals surface area contributed by atoms with Gasteiger partial charge in [-0.1, -0.05) is 19.1 Å². The molecule has 3 N–H and O–H groups in total. The summed E-state index contributed by atoms with van der Waals surface area (Å²) in [6.07, 6.45) is 6.28. The number of H-pyrrole nitrogens is 1. The number of imidazole rings is 1. The molecule has 0 spiro atoms. The third-order valence-corrected chi connectivity index (χ3v) is 3.17. The highest BCUT2D eigenvalue weighted by atomic mass is 16.1. The van der Waals surface area contributed by atoms with Crippen molar-refractivity contribution in [2.24, 2.45) is 0 Å². The van der Waals surface area contributed by atoms with E-state index in [4.69, 9.17) is 0 Å². The van der Waals surface area contributed by atoms with Gasteiger partial charge >= 0.3 is 0 Å². The van der Waals surface area contributed by atoms with Crippen molar-refractivity contribution in [3.8, 4) is 0 Å². The number of benzene rings is 1. The first kappa shape index (κ1) is 15.1. The zero-order valence-corrected chi connectivity index (χ0v) is 12.4. The Hall–Kier alpha value is -2.30. The fourth-order valence-corrected chi connectivity index (χ4v) is 2.08. The van der Waals surface area contributed by atoms with Crippen molar-refractivity contribution in [2.45, 2.75) is 26.2 Å². The molecule has 1 heterocycles. The zero-order valence-electron chi connectivity index (χ0n) is 12.4. The molecule has 0 fully saturated rings. The Morgan fingerprint density at radius 1 is 1.29 bits per heavy atom. The monoisotopic (exact) mass is 286 g/mol. The van der Waals surface area contributed by atoms with Crippen LogP contribution in [0, 0.1) is 0 Å². The Labute approximate surface area is 125 Å². The Morgan fingerprint density at radius 3 is 2.90 bits per heavy atom. The normalized spacial score (nSPS) is 10.3. The number of carbonyl (C=O) groups is 1. The first-order valence-electron chi connectivity index (χ1n) is 7.40. The lowest BCUT2D eigenvalue weighted by molar-refractivity contribution is 0.0954. The predicted molar refractivity (Wildman–Crippen MR) is 84.5 cm³/mol. The highest BCUT2D eigenvalue weighted by Gasteiger charge is 2.09. The van der Waals surface area contributed by atoms with Gasteiger partial charge in [0.15, 0.2) is 0 Å². The van der Waals surface area contributed by atoms with Gasteiger partial charge in [-0.2, -0.15) is 0 Å². The number of amides is 1. The van der Waals surface area contributed by atoms with E-state index in [9.17, 15) is 4.79 Å². The van der Waals surface area contributed by atoms with Crippen LogP contribution >= 0.6 is 0 Å². The van der Waals surface area contributed by atoms with Gasteiger partial charge in [0.1, 0.15) is 5.82 Å². The number of nitrogens with one attached hydrogen (secondary N) is 3. The van der Waals surface area contributed by atoms with Crippen LogP contribution in [-0.2, 0) is 6.42 Å². The van der Waals surface area contributed by atoms with Crippen molar-refractivity contribution < 1.29 is 4.79 Å². The number of aromatic nitrogens is 2. The Balaban J connectivity index is 1.82. The molecular weight excluding hydrogens is 264 g/mol. The van der Waals surface area contributed by atoms with E-state index in [2.05, 4.69) is 27.5 Å². The molecule has 5 heteroatoms. The van der Waals surface area contributed by atoms with Crippen LogP contribution in [0.25, 0.3) is 0 Å². The van der Waals surface area contributed by atoms with E-state index < -0.39 is 0 Å². The number of aryl methyl sites for hydroxylation is 1. The number of anilines is 1. The summed E-state index contributed by atoms with van der Waals surface area (Å²) in [5.74, 6) is 0.919. The van der Waals surface area contributed by atoms with Crippen molar-refractivity contribution in [3.05, 3.63) is 48.0 Å². The van der Waals surface area contributed by atoms with Crippen LogP contribution in [0.4, 0.5) is 5.69 Å². The number of nitrogens with zero attached hydrogens (tertiary/aromatic N) is 1. The van der Waals surface area contributed by atoms with E-state index >= 15 is 0 Å². The average Bonchev–Trinajstić information content (AvgIpc) is 3.03. The van der Waals surface area contributed by atoms with E-state index in [1.165, 1.54) is 0 Å². The summed E-state index contributed by atoms with van der Waals surface area (Å²) in [5.41, 5.74) is 1.59. The summed E-state index contributed by atoms with van der Waals surface area (Å²) in [6.45, 7) is 3.61. The molecule has 0 saturated carbocycles. The second kappa shape index (κ2) is 8.09. The van der Waals surface area contributed by atoms with Gasteiger partial charge in [-0.15, -0.1) is 0 Å². The van der Waals surface area contributed by atoms with Gasteiger partial charge in [0.2, 0.25) is 0 Å². The van der Waals surface area contributed by atoms with Crippen molar-refractivity contribution >= 4 is 11.6 Å². The Morgan fingerprint density at radius 2 is 2.14 bits per heavy atom. The number of carbonyl (C=O) groups excluding carboxylic acids is 1. The van der Waals surface area contributed by atoms with Crippen LogP contribution in [0.2, 0.25) is 0 Å². The first-order chi connectivity index (χ1) is 10.3. The minimum atomic E-state index is -0.0337. The summed E-state index contributed by atoms with van der Waals surface area (Å²) in [4.78, 5) is 19.4. The molecule has 0 bridgehead atoms. The van der Waals surface area contributed by atoms with Crippen LogP contribution in [0.3, 0.4) is 0 Å². The van der Waals surface area contributed by atoms with Crippen molar-refractivity contribution in [3.63, 3.8) is 0 Å². The maximum absolute atomic E-state index is 12.2. The molecule has 0 unspecified atom stereocenters. The summed E-state index contributed by atoms with van der Waals surface area (Å²) in [7, 11) is 0. The number of rotatable bonds is 8.